The Morgan fingerprint density at radius 1 is 1.65 bits per heavy atom. The van der Waals surface area contributed by atoms with Crippen molar-refractivity contribution in [3.05, 3.63) is 16.3 Å². The smallest absolute Gasteiger partial charge is 0.244 e. The Morgan fingerprint density at radius 2 is 2.41 bits per heavy atom. The third-order valence-electron chi connectivity index (χ3n) is 2.93. The molecule has 1 saturated heterocycles. The van der Waals surface area contributed by atoms with Crippen LogP contribution in [0.1, 0.15) is 11.3 Å². The molecule has 1 aliphatic heterocycles. The molecule has 96 valence electrons. The van der Waals surface area contributed by atoms with E-state index in [4.69, 9.17) is 9.84 Å². The Balaban J connectivity index is 2.29. The summed E-state index contributed by atoms with van der Waals surface area (Å²) >= 11 is 1.25. The number of hydrogen-bond donors (Lipinski definition) is 1. The van der Waals surface area contributed by atoms with Crippen molar-refractivity contribution in [1.82, 2.24) is 4.31 Å². The van der Waals surface area contributed by atoms with Gasteiger partial charge >= 0.3 is 0 Å². The number of thiophene rings is 1. The average molecular weight is 277 g/mol. The van der Waals surface area contributed by atoms with Crippen LogP contribution in [0.5, 0.6) is 0 Å². The van der Waals surface area contributed by atoms with Crippen LogP contribution < -0.4 is 0 Å². The Labute approximate surface area is 105 Å². The molecule has 0 amide bonds. The highest BCUT2D eigenvalue weighted by Crippen LogP contribution is 2.27. The number of aliphatic hydroxyl groups is 1. The molecule has 0 spiro atoms. The van der Waals surface area contributed by atoms with Gasteiger partial charge in [-0.1, -0.05) is 0 Å². The highest BCUT2D eigenvalue weighted by atomic mass is 32.2. The molecule has 1 fully saturated rings. The summed E-state index contributed by atoms with van der Waals surface area (Å²) in [5.74, 6) is 0. The molecule has 1 N–H and O–H groups in total. The molecule has 0 aliphatic carbocycles. The van der Waals surface area contributed by atoms with E-state index in [1.54, 1.807) is 12.4 Å². The molecule has 1 aromatic rings. The predicted molar refractivity (Wildman–Crippen MR) is 64.4 cm³/mol. The van der Waals surface area contributed by atoms with Gasteiger partial charge in [-0.3, -0.25) is 0 Å². The summed E-state index contributed by atoms with van der Waals surface area (Å²) in [6.45, 7) is 0.788. The molecule has 0 bridgehead atoms. The number of ether oxygens (including phenoxy) is 1. The van der Waals surface area contributed by atoms with E-state index in [-0.39, 0.29) is 17.5 Å². The first-order chi connectivity index (χ1) is 8.07. The summed E-state index contributed by atoms with van der Waals surface area (Å²) < 4.78 is 31.2. The fourth-order valence-electron chi connectivity index (χ4n) is 1.83. The molecule has 17 heavy (non-hydrogen) atoms. The summed E-state index contributed by atoms with van der Waals surface area (Å²) in [6, 6.07) is 1.43. The molecule has 2 rings (SSSR count). The maximum atomic E-state index is 12.3. The van der Waals surface area contributed by atoms with Gasteiger partial charge in [0.2, 0.25) is 10.0 Å². The topological polar surface area (TPSA) is 66.8 Å². The fourth-order valence-corrected chi connectivity index (χ4v) is 4.47. The molecule has 5 nitrogen and oxygen atoms in total. The molecule has 1 atom stereocenters. The van der Waals surface area contributed by atoms with Crippen LogP contribution in [0.15, 0.2) is 16.3 Å². The van der Waals surface area contributed by atoms with Crippen molar-refractivity contribution in [2.24, 2.45) is 0 Å². The SMILES string of the molecule is CN(C1CCOC1)S(=O)(=O)c1ccsc1CO. The van der Waals surface area contributed by atoms with Crippen molar-refractivity contribution in [1.29, 1.82) is 0 Å². The minimum absolute atomic E-state index is 0.105. The zero-order valence-electron chi connectivity index (χ0n) is 9.50. The fraction of sp³-hybridized carbons (Fsp3) is 0.600. The summed E-state index contributed by atoms with van der Waals surface area (Å²) in [5.41, 5.74) is 0. The molecule has 1 aromatic heterocycles. The first-order valence-electron chi connectivity index (χ1n) is 5.30. The van der Waals surface area contributed by atoms with Crippen LogP contribution in [0, 0.1) is 0 Å². The van der Waals surface area contributed by atoms with Crippen LogP contribution in [0.2, 0.25) is 0 Å². The molecule has 1 unspecified atom stereocenters. The monoisotopic (exact) mass is 277 g/mol. The van der Waals surface area contributed by atoms with Gasteiger partial charge in [0.05, 0.1) is 24.2 Å². The average Bonchev–Trinajstić information content (AvgIpc) is 2.98. The van der Waals surface area contributed by atoms with Gasteiger partial charge in [0.15, 0.2) is 0 Å². The van der Waals surface area contributed by atoms with Crippen molar-refractivity contribution in [3.63, 3.8) is 0 Å². The molecule has 2 heterocycles. The standard InChI is InChI=1S/C10H15NO4S2/c1-11(8-2-4-15-7-8)17(13,14)10-3-5-16-9(10)6-12/h3,5,8,12H,2,4,6-7H2,1H3. The highest BCUT2D eigenvalue weighted by Gasteiger charge is 2.32. The summed E-state index contributed by atoms with van der Waals surface area (Å²) in [5, 5.41) is 10.8. The third-order valence-corrected chi connectivity index (χ3v) is 5.95. The van der Waals surface area contributed by atoms with Gasteiger partial charge in [-0.15, -0.1) is 11.3 Å². The lowest BCUT2D eigenvalue weighted by Crippen LogP contribution is -2.37. The van der Waals surface area contributed by atoms with Gasteiger partial charge in [-0.25, -0.2) is 8.42 Å². The van der Waals surface area contributed by atoms with Crippen LogP contribution in [0.4, 0.5) is 0 Å². The molecule has 0 saturated carbocycles. The van der Waals surface area contributed by atoms with Gasteiger partial charge < -0.3 is 9.84 Å². The normalized spacial score (nSPS) is 21.2. The van der Waals surface area contributed by atoms with Crippen molar-refractivity contribution in [2.45, 2.75) is 24.0 Å². The number of hydrogen-bond acceptors (Lipinski definition) is 5. The second-order valence-corrected chi connectivity index (χ2v) is 6.87. The Hall–Kier alpha value is -0.470. The highest BCUT2D eigenvalue weighted by molar-refractivity contribution is 7.89. The van der Waals surface area contributed by atoms with Gasteiger partial charge in [0.1, 0.15) is 0 Å². The van der Waals surface area contributed by atoms with Gasteiger partial charge in [0, 0.05) is 18.5 Å². The first-order valence-corrected chi connectivity index (χ1v) is 7.62. The van der Waals surface area contributed by atoms with Crippen molar-refractivity contribution < 1.29 is 18.3 Å². The van der Waals surface area contributed by atoms with Crippen LogP contribution in [0.3, 0.4) is 0 Å². The van der Waals surface area contributed by atoms with E-state index in [0.29, 0.717) is 24.5 Å². The van der Waals surface area contributed by atoms with Crippen molar-refractivity contribution in [2.75, 3.05) is 20.3 Å². The predicted octanol–water partition coefficient (Wildman–Crippen LogP) is 0.650. The number of likely N-dealkylation sites (N-methyl/N-ethyl adjacent to an activating group) is 1. The second kappa shape index (κ2) is 5.03. The van der Waals surface area contributed by atoms with E-state index in [1.807, 2.05) is 0 Å². The molecular formula is C10H15NO4S2. The maximum Gasteiger partial charge on any atom is 0.244 e. The molecule has 1 aliphatic rings. The summed E-state index contributed by atoms with van der Waals surface area (Å²) in [4.78, 5) is 0.690. The van der Waals surface area contributed by atoms with E-state index < -0.39 is 10.0 Å². The molecular weight excluding hydrogens is 262 g/mol. The Bertz CT molecular complexity index is 476. The maximum absolute atomic E-state index is 12.3. The Kier molecular flexibility index (Phi) is 3.84. The van der Waals surface area contributed by atoms with Crippen LogP contribution in [0.25, 0.3) is 0 Å². The van der Waals surface area contributed by atoms with E-state index >= 15 is 0 Å². The van der Waals surface area contributed by atoms with E-state index in [2.05, 4.69) is 0 Å². The van der Waals surface area contributed by atoms with Gasteiger partial charge in [-0.2, -0.15) is 4.31 Å². The van der Waals surface area contributed by atoms with Crippen molar-refractivity contribution in [3.8, 4) is 0 Å². The number of rotatable bonds is 4. The molecule has 0 aromatic carbocycles. The number of nitrogens with zero attached hydrogens (tertiary/aromatic N) is 1. The van der Waals surface area contributed by atoms with E-state index in [0.717, 1.165) is 0 Å². The van der Waals surface area contributed by atoms with Gasteiger partial charge in [-0.05, 0) is 17.9 Å². The minimum atomic E-state index is -3.52. The first kappa shape index (κ1) is 13.0. The summed E-state index contributed by atoms with van der Waals surface area (Å²) in [6.07, 6.45) is 0.717. The summed E-state index contributed by atoms with van der Waals surface area (Å²) in [7, 11) is -1.96. The molecule has 0 radical (unpaired) electrons. The minimum Gasteiger partial charge on any atom is -0.391 e. The largest absolute Gasteiger partial charge is 0.391 e. The van der Waals surface area contributed by atoms with Crippen LogP contribution in [-0.4, -0.2) is 44.1 Å². The lowest BCUT2D eigenvalue weighted by atomic mass is 10.3. The van der Waals surface area contributed by atoms with Crippen LogP contribution in [-0.2, 0) is 21.4 Å². The van der Waals surface area contributed by atoms with E-state index in [9.17, 15) is 8.42 Å². The van der Waals surface area contributed by atoms with Crippen LogP contribution >= 0.6 is 11.3 Å². The molecule has 7 heteroatoms. The second-order valence-electron chi connectivity index (χ2n) is 3.90. The van der Waals surface area contributed by atoms with Crippen molar-refractivity contribution >= 4 is 21.4 Å². The quantitative estimate of drug-likeness (QED) is 0.877. The third kappa shape index (κ3) is 2.38. The zero-order valence-corrected chi connectivity index (χ0v) is 11.1. The number of sulfonamides is 1. The van der Waals surface area contributed by atoms with Gasteiger partial charge in [0.25, 0.3) is 0 Å². The zero-order chi connectivity index (χ0) is 12.5. The lowest BCUT2D eigenvalue weighted by molar-refractivity contribution is 0.181. The lowest BCUT2D eigenvalue weighted by Gasteiger charge is -2.22. The number of aliphatic hydroxyl groups excluding tert-OH is 1. The van der Waals surface area contributed by atoms with E-state index in [1.165, 1.54) is 21.7 Å². The Morgan fingerprint density at radius 3 is 3.00 bits per heavy atom.